The Bertz CT molecular complexity index is 1070. The largest absolute Gasteiger partial charge is 0.376 e. The maximum absolute atomic E-state index is 9.33. The number of nitriles is 1. The maximum Gasteiger partial charge on any atom is 0.234 e. The Labute approximate surface area is 178 Å². The normalized spacial score (nSPS) is 15.5. The molecule has 0 unspecified atom stereocenters. The average Bonchev–Trinajstić information content (AvgIpc) is 3.15. The van der Waals surface area contributed by atoms with Gasteiger partial charge in [0.1, 0.15) is 11.7 Å². The topological polar surface area (TPSA) is 67.0 Å². The summed E-state index contributed by atoms with van der Waals surface area (Å²) < 4.78 is 7.99. The summed E-state index contributed by atoms with van der Waals surface area (Å²) in [7, 11) is 1.93. The molecule has 3 heterocycles. The number of likely N-dealkylation sites (tertiary alicyclic amines) is 1. The standard InChI is InChI=1S/C24H29N5O/c1-4-29-11-7-18(8-12-29)15-30-16-20-6-5-19(13-17(20)2)23-21-9-10-28(3)24(21)27-22(14-25)26-23/h5-6,9-10,13,18H,4,7-8,11-12,15-16H2,1-3H3. The van der Waals surface area contributed by atoms with Crippen LogP contribution in [0.2, 0.25) is 0 Å². The minimum Gasteiger partial charge on any atom is -0.376 e. The van der Waals surface area contributed by atoms with Gasteiger partial charge in [0, 0.05) is 30.8 Å². The molecule has 2 aromatic heterocycles. The fourth-order valence-corrected chi connectivity index (χ4v) is 4.22. The Morgan fingerprint density at radius 3 is 2.70 bits per heavy atom. The van der Waals surface area contributed by atoms with Crippen molar-refractivity contribution in [1.82, 2.24) is 19.4 Å². The van der Waals surface area contributed by atoms with E-state index >= 15 is 0 Å². The molecule has 3 aromatic rings. The molecule has 0 radical (unpaired) electrons. The van der Waals surface area contributed by atoms with E-state index < -0.39 is 0 Å². The first-order valence-electron chi connectivity index (χ1n) is 10.7. The minimum absolute atomic E-state index is 0.193. The zero-order valence-electron chi connectivity index (χ0n) is 18.1. The molecule has 0 amide bonds. The summed E-state index contributed by atoms with van der Waals surface area (Å²) in [5, 5.41) is 10.3. The number of benzene rings is 1. The van der Waals surface area contributed by atoms with Crippen molar-refractivity contribution in [1.29, 1.82) is 5.26 Å². The highest BCUT2D eigenvalue weighted by atomic mass is 16.5. The third kappa shape index (κ3) is 4.23. The van der Waals surface area contributed by atoms with Crippen LogP contribution in [0.5, 0.6) is 0 Å². The number of hydrogen-bond acceptors (Lipinski definition) is 5. The van der Waals surface area contributed by atoms with E-state index in [1.54, 1.807) is 0 Å². The monoisotopic (exact) mass is 403 g/mol. The molecule has 6 heteroatoms. The highest BCUT2D eigenvalue weighted by molar-refractivity contribution is 5.91. The molecule has 1 aromatic carbocycles. The lowest BCUT2D eigenvalue weighted by Crippen LogP contribution is -2.34. The molecule has 0 spiro atoms. The fourth-order valence-electron chi connectivity index (χ4n) is 4.22. The van der Waals surface area contributed by atoms with E-state index in [0.29, 0.717) is 12.5 Å². The molecule has 1 aliphatic rings. The van der Waals surface area contributed by atoms with E-state index in [-0.39, 0.29) is 5.82 Å². The molecule has 0 N–H and O–H groups in total. The van der Waals surface area contributed by atoms with Gasteiger partial charge in [-0.15, -0.1) is 0 Å². The number of aryl methyl sites for hydroxylation is 2. The first-order valence-corrected chi connectivity index (χ1v) is 10.7. The molecule has 0 aliphatic carbocycles. The van der Waals surface area contributed by atoms with Crippen LogP contribution in [0.4, 0.5) is 0 Å². The van der Waals surface area contributed by atoms with Crippen molar-refractivity contribution >= 4 is 11.0 Å². The van der Waals surface area contributed by atoms with Crippen molar-refractivity contribution in [2.45, 2.75) is 33.3 Å². The Morgan fingerprint density at radius 1 is 1.20 bits per heavy atom. The highest BCUT2D eigenvalue weighted by Crippen LogP contribution is 2.28. The van der Waals surface area contributed by atoms with Crippen LogP contribution in [0, 0.1) is 24.2 Å². The van der Waals surface area contributed by atoms with E-state index in [9.17, 15) is 5.26 Å². The molecular weight excluding hydrogens is 374 g/mol. The number of aromatic nitrogens is 3. The number of piperidine rings is 1. The molecule has 1 fully saturated rings. The van der Waals surface area contributed by atoms with Gasteiger partial charge in [0.15, 0.2) is 0 Å². The zero-order chi connectivity index (χ0) is 21.1. The van der Waals surface area contributed by atoms with Gasteiger partial charge in [-0.25, -0.2) is 9.97 Å². The first-order chi connectivity index (χ1) is 14.6. The molecule has 1 aliphatic heterocycles. The van der Waals surface area contributed by atoms with E-state index in [4.69, 9.17) is 4.74 Å². The summed E-state index contributed by atoms with van der Waals surface area (Å²) in [5.41, 5.74) is 4.95. The van der Waals surface area contributed by atoms with Crippen LogP contribution in [0.15, 0.2) is 30.5 Å². The van der Waals surface area contributed by atoms with Gasteiger partial charge in [0.2, 0.25) is 5.82 Å². The van der Waals surface area contributed by atoms with Gasteiger partial charge in [-0.3, -0.25) is 0 Å². The number of ether oxygens (including phenoxy) is 1. The maximum atomic E-state index is 9.33. The number of rotatable bonds is 6. The van der Waals surface area contributed by atoms with Crippen LogP contribution in [0.3, 0.4) is 0 Å². The van der Waals surface area contributed by atoms with E-state index in [1.807, 2.05) is 23.9 Å². The van der Waals surface area contributed by atoms with Crippen molar-refractivity contribution in [3.05, 3.63) is 47.4 Å². The summed E-state index contributed by atoms with van der Waals surface area (Å²) >= 11 is 0. The lowest BCUT2D eigenvalue weighted by Gasteiger charge is -2.30. The van der Waals surface area contributed by atoms with Crippen molar-refractivity contribution in [2.75, 3.05) is 26.2 Å². The number of nitrogens with zero attached hydrogens (tertiary/aromatic N) is 5. The predicted octanol–water partition coefficient (Wildman–Crippen LogP) is 4.06. The van der Waals surface area contributed by atoms with Crippen LogP contribution in [-0.4, -0.2) is 45.7 Å². The van der Waals surface area contributed by atoms with Crippen LogP contribution >= 0.6 is 0 Å². The van der Waals surface area contributed by atoms with E-state index in [0.717, 1.165) is 35.4 Å². The van der Waals surface area contributed by atoms with Gasteiger partial charge in [-0.05, 0) is 68.6 Å². The number of fused-ring (bicyclic) bond motifs is 1. The minimum atomic E-state index is 0.193. The summed E-state index contributed by atoms with van der Waals surface area (Å²) in [6.45, 7) is 9.34. The second-order valence-corrected chi connectivity index (χ2v) is 8.21. The van der Waals surface area contributed by atoms with Gasteiger partial charge in [-0.1, -0.05) is 19.1 Å². The average molecular weight is 404 g/mol. The Hall–Kier alpha value is -2.75. The first kappa shape index (κ1) is 20.5. The van der Waals surface area contributed by atoms with Crippen molar-refractivity contribution in [3.63, 3.8) is 0 Å². The van der Waals surface area contributed by atoms with Crippen molar-refractivity contribution in [2.24, 2.45) is 13.0 Å². The lowest BCUT2D eigenvalue weighted by atomic mass is 9.98. The molecule has 0 saturated carbocycles. The van der Waals surface area contributed by atoms with E-state index in [2.05, 4.69) is 53.0 Å². The molecule has 4 rings (SSSR count). The van der Waals surface area contributed by atoms with Gasteiger partial charge in [0.05, 0.1) is 12.3 Å². The Morgan fingerprint density at radius 2 is 2.00 bits per heavy atom. The van der Waals surface area contributed by atoms with Crippen molar-refractivity contribution in [3.8, 4) is 17.3 Å². The van der Waals surface area contributed by atoms with E-state index in [1.165, 1.54) is 37.1 Å². The highest BCUT2D eigenvalue weighted by Gasteiger charge is 2.18. The Kier molecular flexibility index (Phi) is 6.12. The second kappa shape index (κ2) is 8.95. The van der Waals surface area contributed by atoms with Crippen LogP contribution < -0.4 is 0 Å². The Balaban J connectivity index is 1.46. The molecular formula is C24H29N5O. The molecule has 1 saturated heterocycles. The molecule has 0 bridgehead atoms. The quantitative estimate of drug-likeness (QED) is 0.621. The zero-order valence-corrected chi connectivity index (χ0v) is 18.1. The van der Waals surface area contributed by atoms with Crippen LogP contribution in [0.25, 0.3) is 22.3 Å². The molecule has 0 atom stereocenters. The van der Waals surface area contributed by atoms with Gasteiger partial charge in [0.25, 0.3) is 0 Å². The van der Waals surface area contributed by atoms with Gasteiger partial charge < -0.3 is 14.2 Å². The van der Waals surface area contributed by atoms with Crippen molar-refractivity contribution < 1.29 is 4.74 Å². The summed E-state index contributed by atoms with van der Waals surface area (Å²) in [5.74, 6) is 0.864. The summed E-state index contributed by atoms with van der Waals surface area (Å²) in [6.07, 6.45) is 4.41. The second-order valence-electron chi connectivity index (χ2n) is 8.21. The SMILES string of the molecule is CCN1CCC(COCc2ccc(-c3nc(C#N)nc4c3ccn4C)cc2C)CC1. The summed E-state index contributed by atoms with van der Waals surface area (Å²) in [6, 6.07) is 10.4. The predicted molar refractivity (Wildman–Crippen MR) is 118 cm³/mol. The molecule has 30 heavy (non-hydrogen) atoms. The van der Waals surface area contributed by atoms with Gasteiger partial charge in [-0.2, -0.15) is 5.26 Å². The third-order valence-electron chi connectivity index (χ3n) is 6.21. The van der Waals surface area contributed by atoms with Crippen LogP contribution in [0.1, 0.15) is 36.7 Å². The number of hydrogen-bond donors (Lipinski definition) is 0. The smallest absolute Gasteiger partial charge is 0.234 e. The molecule has 156 valence electrons. The fraction of sp³-hybridized carbons (Fsp3) is 0.458. The lowest BCUT2D eigenvalue weighted by molar-refractivity contribution is 0.0585. The van der Waals surface area contributed by atoms with Crippen LogP contribution in [-0.2, 0) is 18.4 Å². The summed E-state index contributed by atoms with van der Waals surface area (Å²) in [4.78, 5) is 11.3. The van der Waals surface area contributed by atoms with Gasteiger partial charge >= 0.3 is 0 Å². The third-order valence-corrected chi connectivity index (χ3v) is 6.21. The molecule has 6 nitrogen and oxygen atoms in total.